The van der Waals surface area contributed by atoms with Gasteiger partial charge in [-0.3, -0.25) is 9.69 Å². The van der Waals surface area contributed by atoms with E-state index < -0.39 is 0 Å². The number of likely N-dealkylation sites (tertiary alicyclic amines) is 1. The third-order valence-corrected chi connectivity index (χ3v) is 6.39. The van der Waals surface area contributed by atoms with Gasteiger partial charge in [0.25, 0.3) is 5.91 Å². The quantitative estimate of drug-likeness (QED) is 0.856. The highest BCUT2D eigenvalue weighted by molar-refractivity contribution is 5.95. The molecule has 1 atom stereocenters. The molecule has 1 aromatic carbocycles. The number of hydrogen-bond acceptors (Lipinski definition) is 4. The van der Waals surface area contributed by atoms with E-state index in [1.54, 1.807) is 14.2 Å². The number of piperazine rings is 1. The molecule has 0 spiro atoms. The van der Waals surface area contributed by atoms with Gasteiger partial charge in [-0.15, -0.1) is 0 Å². The van der Waals surface area contributed by atoms with Gasteiger partial charge in [0.1, 0.15) is 5.75 Å². The van der Waals surface area contributed by atoms with Gasteiger partial charge in [-0.2, -0.15) is 0 Å². The first-order valence-electron chi connectivity index (χ1n) is 10.1. The Hall–Kier alpha value is -2.28. The number of ether oxygens (including phenoxy) is 1. The fourth-order valence-electron chi connectivity index (χ4n) is 4.52. The molecule has 0 radical (unpaired) electrons. The molecule has 3 amide bonds. The summed E-state index contributed by atoms with van der Waals surface area (Å²) in [5, 5.41) is 2.73. The van der Waals surface area contributed by atoms with E-state index >= 15 is 0 Å². The number of carbonyl (C=O) groups is 2. The lowest BCUT2D eigenvalue weighted by Crippen LogP contribution is -2.59. The Kier molecular flexibility index (Phi) is 6.13. The van der Waals surface area contributed by atoms with Crippen molar-refractivity contribution in [1.82, 2.24) is 20.0 Å². The predicted molar refractivity (Wildman–Crippen MR) is 109 cm³/mol. The number of hydrogen-bond donors (Lipinski definition) is 1. The van der Waals surface area contributed by atoms with Crippen molar-refractivity contribution in [1.29, 1.82) is 0 Å². The van der Waals surface area contributed by atoms with E-state index in [2.05, 4.69) is 17.1 Å². The number of carbonyl (C=O) groups excluding carboxylic acids is 2. The minimum absolute atomic E-state index is 0.000815. The second-order valence-electron chi connectivity index (χ2n) is 7.76. The van der Waals surface area contributed by atoms with Gasteiger partial charge < -0.3 is 19.9 Å². The molecule has 3 rings (SSSR count). The molecule has 1 N–H and O–H groups in total. The number of aryl methyl sites for hydroxylation is 1. The SMILES string of the molecule is CCC1(N2CCN(C(=O)c3ccc(OC)cc3C)CC2)CCN(C(=O)NC)C1. The second-order valence-corrected chi connectivity index (χ2v) is 7.76. The molecule has 2 heterocycles. The lowest BCUT2D eigenvalue weighted by atomic mass is 9.91. The highest BCUT2D eigenvalue weighted by atomic mass is 16.5. The molecule has 0 aromatic heterocycles. The highest BCUT2D eigenvalue weighted by Crippen LogP contribution is 2.32. The maximum Gasteiger partial charge on any atom is 0.317 e. The lowest BCUT2D eigenvalue weighted by Gasteiger charge is -2.45. The fraction of sp³-hybridized carbons (Fsp3) is 0.619. The van der Waals surface area contributed by atoms with Crippen molar-refractivity contribution in [2.24, 2.45) is 0 Å². The first-order valence-corrected chi connectivity index (χ1v) is 10.1. The Balaban J connectivity index is 1.64. The Morgan fingerprint density at radius 2 is 1.86 bits per heavy atom. The predicted octanol–water partition coefficient (Wildman–Crippen LogP) is 1.96. The Morgan fingerprint density at radius 3 is 2.43 bits per heavy atom. The monoisotopic (exact) mass is 388 g/mol. The van der Waals surface area contributed by atoms with Gasteiger partial charge in [0, 0.05) is 57.4 Å². The van der Waals surface area contributed by atoms with E-state index in [0.29, 0.717) is 13.1 Å². The van der Waals surface area contributed by atoms with Gasteiger partial charge in [-0.1, -0.05) is 6.92 Å². The first-order chi connectivity index (χ1) is 13.4. The van der Waals surface area contributed by atoms with Gasteiger partial charge >= 0.3 is 6.03 Å². The van der Waals surface area contributed by atoms with Crippen LogP contribution in [0.5, 0.6) is 5.75 Å². The van der Waals surface area contributed by atoms with E-state index in [1.165, 1.54) is 0 Å². The number of nitrogens with one attached hydrogen (secondary N) is 1. The largest absolute Gasteiger partial charge is 0.497 e. The van der Waals surface area contributed by atoms with Gasteiger partial charge in [-0.25, -0.2) is 4.79 Å². The Bertz CT molecular complexity index is 730. The average Bonchev–Trinajstić information content (AvgIpc) is 3.18. The molecule has 7 heteroatoms. The summed E-state index contributed by atoms with van der Waals surface area (Å²) >= 11 is 0. The van der Waals surface area contributed by atoms with E-state index in [9.17, 15) is 9.59 Å². The summed E-state index contributed by atoms with van der Waals surface area (Å²) in [6.07, 6.45) is 1.99. The normalized spacial score (nSPS) is 23.0. The van der Waals surface area contributed by atoms with Crippen LogP contribution in [0, 0.1) is 6.92 Å². The van der Waals surface area contributed by atoms with E-state index in [0.717, 1.165) is 55.9 Å². The van der Waals surface area contributed by atoms with E-state index in [4.69, 9.17) is 4.74 Å². The van der Waals surface area contributed by atoms with Crippen LogP contribution in [0.4, 0.5) is 4.79 Å². The molecule has 0 bridgehead atoms. The number of rotatable bonds is 4. The van der Waals surface area contributed by atoms with Crippen LogP contribution >= 0.6 is 0 Å². The van der Waals surface area contributed by atoms with Crippen molar-refractivity contribution in [3.8, 4) is 5.75 Å². The maximum absolute atomic E-state index is 13.0. The molecule has 2 aliphatic rings. The van der Waals surface area contributed by atoms with Crippen molar-refractivity contribution in [2.75, 3.05) is 53.4 Å². The van der Waals surface area contributed by atoms with Crippen molar-refractivity contribution in [3.05, 3.63) is 29.3 Å². The second kappa shape index (κ2) is 8.39. The number of amides is 3. The average molecular weight is 389 g/mol. The smallest absolute Gasteiger partial charge is 0.317 e. The molecule has 28 heavy (non-hydrogen) atoms. The van der Waals surface area contributed by atoms with Crippen LogP contribution in [-0.4, -0.2) is 85.6 Å². The standard InChI is InChI=1S/C21H32N4O3/c1-5-21(8-9-24(15-21)20(27)22-3)25-12-10-23(11-13-25)19(26)18-7-6-17(28-4)14-16(18)2/h6-7,14H,5,8-13,15H2,1-4H3,(H,22,27). The number of urea groups is 1. The molecular formula is C21H32N4O3. The zero-order valence-corrected chi connectivity index (χ0v) is 17.5. The van der Waals surface area contributed by atoms with Gasteiger partial charge in [0.05, 0.1) is 7.11 Å². The highest BCUT2D eigenvalue weighted by Gasteiger charge is 2.44. The number of benzene rings is 1. The Morgan fingerprint density at radius 1 is 1.14 bits per heavy atom. The first kappa shape index (κ1) is 20.5. The van der Waals surface area contributed by atoms with Crippen LogP contribution in [0.15, 0.2) is 18.2 Å². The maximum atomic E-state index is 13.0. The molecule has 1 unspecified atom stereocenters. The summed E-state index contributed by atoms with van der Waals surface area (Å²) in [5.41, 5.74) is 1.71. The Labute approximate surface area is 167 Å². The van der Waals surface area contributed by atoms with Crippen molar-refractivity contribution < 1.29 is 14.3 Å². The van der Waals surface area contributed by atoms with Crippen molar-refractivity contribution >= 4 is 11.9 Å². The fourth-order valence-corrected chi connectivity index (χ4v) is 4.52. The van der Waals surface area contributed by atoms with Crippen LogP contribution in [0.2, 0.25) is 0 Å². The summed E-state index contributed by atoms with van der Waals surface area (Å²) in [6, 6.07) is 5.60. The third-order valence-electron chi connectivity index (χ3n) is 6.39. The molecule has 2 aliphatic heterocycles. The molecule has 154 valence electrons. The van der Waals surface area contributed by atoms with Crippen LogP contribution in [0.1, 0.15) is 35.7 Å². The lowest BCUT2D eigenvalue weighted by molar-refractivity contribution is 0.0301. The molecular weight excluding hydrogens is 356 g/mol. The summed E-state index contributed by atoms with van der Waals surface area (Å²) in [6.45, 7) is 8.81. The number of methoxy groups -OCH3 is 1. The van der Waals surface area contributed by atoms with Crippen molar-refractivity contribution in [2.45, 2.75) is 32.2 Å². The zero-order chi connectivity index (χ0) is 20.3. The molecule has 2 fully saturated rings. The number of nitrogens with zero attached hydrogens (tertiary/aromatic N) is 3. The van der Waals surface area contributed by atoms with Crippen LogP contribution < -0.4 is 10.1 Å². The minimum Gasteiger partial charge on any atom is -0.497 e. The molecule has 1 aromatic rings. The van der Waals surface area contributed by atoms with Gasteiger partial charge in [0.2, 0.25) is 0 Å². The van der Waals surface area contributed by atoms with E-state index in [1.807, 2.05) is 34.9 Å². The summed E-state index contributed by atoms with van der Waals surface area (Å²) < 4.78 is 5.24. The molecule has 2 saturated heterocycles. The van der Waals surface area contributed by atoms with E-state index in [-0.39, 0.29) is 17.5 Å². The zero-order valence-electron chi connectivity index (χ0n) is 17.5. The van der Waals surface area contributed by atoms with Gasteiger partial charge in [0.15, 0.2) is 0 Å². The minimum atomic E-state index is -0.000815. The third kappa shape index (κ3) is 3.81. The summed E-state index contributed by atoms with van der Waals surface area (Å²) in [5.74, 6) is 0.856. The van der Waals surface area contributed by atoms with Crippen LogP contribution in [0.25, 0.3) is 0 Å². The topological polar surface area (TPSA) is 65.1 Å². The summed E-state index contributed by atoms with van der Waals surface area (Å²) in [7, 11) is 3.31. The molecule has 0 saturated carbocycles. The van der Waals surface area contributed by atoms with Gasteiger partial charge in [-0.05, 0) is 43.5 Å². The van der Waals surface area contributed by atoms with Crippen LogP contribution in [-0.2, 0) is 0 Å². The molecule has 0 aliphatic carbocycles. The summed E-state index contributed by atoms with van der Waals surface area (Å²) in [4.78, 5) is 31.3. The molecule has 7 nitrogen and oxygen atoms in total. The van der Waals surface area contributed by atoms with Crippen molar-refractivity contribution in [3.63, 3.8) is 0 Å². The van der Waals surface area contributed by atoms with Crippen LogP contribution in [0.3, 0.4) is 0 Å².